The van der Waals surface area contributed by atoms with Crippen molar-refractivity contribution in [2.75, 3.05) is 78.5 Å². The minimum absolute atomic E-state index is 0.0931. The van der Waals surface area contributed by atoms with Gasteiger partial charge in [-0.15, -0.1) is 0 Å². The Morgan fingerprint density at radius 1 is 0.429 bits per heavy atom. The smallest absolute Gasteiger partial charge is 0.234 e. The van der Waals surface area contributed by atoms with E-state index in [-0.39, 0.29) is 49.8 Å². The molecular weight excluding hydrogens is 536 g/mol. The highest BCUT2D eigenvalue weighted by molar-refractivity contribution is 5.81. The van der Waals surface area contributed by atoms with Gasteiger partial charge in [0.1, 0.15) is 0 Å². The SMILES string of the molecule is O=C1CN(Cc2ccccc2)CC(=O)NCCNCCNC(=O)CN(Cc2ccccc2)CC(=O)NCCNCCN1. The summed E-state index contributed by atoms with van der Waals surface area (Å²) < 4.78 is 0. The van der Waals surface area contributed by atoms with Gasteiger partial charge in [0.15, 0.2) is 0 Å². The highest BCUT2D eigenvalue weighted by atomic mass is 16.2. The van der Waals surface area contributed by atoms with Crippen molar-refractivity contribution in [2.24, 2.45) is 0 Å². The molecular formula is C30H44N8O4. The lowest BCUT2D eigenvalue weighted by molar-refractivity contribution is -0.126. The van der Waals surface area contributed by atoms with Crippen LogP contribution in [0.3, 0.4) is 0 Å². The molecule has 0 aliphatic carbocycles. The van der Waals surface area contributed by atoms with Gasteiger partial charge in [-0.2, -0.15) is 0 Å². The van der Waals surface area contributed by atoms with E-state index >= 15 is 0 Å². The predicted octanol–water partition coefficient (Wildman–Crippen LogP) is -1.35. The van der Waals surface area contributed by atoms with E-state index in [1.54, 1.807) is 0 Å². The van der Waals surface area contributed by atoms with Gasteiger partial charge in [0.05, 0.1) is 26.2 Å². The summed E-state index contributed by atoms with van der Waals surface area (Å²) in [5.74, 6) is -0.646. The van der Waals surface area contributed by atoms with E-state index in [1.807, 2.05) is 70.5 Å². The van der Waals surface area contributed by atoms with Gasteiger partial charge >= 0.3 is 0 Å². The number of carbonyl (C=O) groups is 4. The average molecular weight is 581 g/mol. The molecule has 42 heavy (non-hydrogen) atoms. The fourth-order valence-corrected chi connectivity index (χ4v) is 4.47. The summed E-state index contributed by atoms with van der Waals surface area (Å²) in [6.45, 7) is 5.14. The first kappa shape index (κ1) is 32.7. The molecule has 2 aromatic rings. The largest absolute Gasteiger partial charge is 0.354 e. The molecule has 12 nitrogen and oxygen atoms in total. The highest BCUT2D eigenvalue weighted by Gasteiger charge is 2.16. The average Bonchev–Trinajstić information content (AvgIpc) is 2.96. The van der Waals surface area contributed by atoms with Crippen LogP contribution in [0, 0.1) is 0 Å². The van der Waals surface area contributed by atoms with Crippen LogP contribution in [0.2, 0.25) is 0 Å². The van der Waals surface area contributed by atoms with Crippen LogP contribution in [0.5, 0.6) is 0 Å². The Morgan fingerprint density at radius 3 is 1.00 bits per heavy atom. The Morgan fingerprint density at radius 2 is 0.714 bits per heavy atom. The fraction of sp³-hybridized carbons (Fsp3) is 0.467. The molecule has 4 amide bonds. The Labute approximate surface area is 248 Å². The van der Waals surface area contributed by atoms with Crippen molar-refractivity contribution in [3.8, 4) is 0 Å². The summed E-state index contributed by atoms with van der Waals surface area (Å²) in [7, 11) is 0. The molecule has 1 aliphatic heterocycles. The molecule has 0 aromatic heterocycles. The zero-order valence-corrected chi connectivity index (χ0v) is 24.2. The number of carbonyl (C=O) groups excluding carboxylic acids is 4. The molecule has 1 aliphatic rings. The number of benzene rings is 2. The van der Waals surface area contributed by atoms with Gasteiger partial charge in [-0.25, -0.2) is 0 Å². The zero-order valence-electron chi connectivity index (χ0n) is 24.2. The molecule has 1 fully saturated rings. The summed E-state index contributed by atoms with van der Waals surface area (Å²) in [5.41, 5.74) is 2.03. The maximum atomic E-state index is 12.6. The lowest BCUT2D eigenvalue weighted by atomic mass is 10.2. The number of hydrogen-bond acceptors (Lipinski definition) is 8. The van der Waals surface area contributed by atoms with Crippen molar-refractivity contribution in [3.05, 3.63) is 71.8 Å². The molecule has 0 radical (unpaired) electrons. The summed E-state index contributed by atoms with van der Waals surface area (Å²) in [5, 5.41) is 18.0. The highest BCUT2D eigenvalue weighted by Crippen LogP contribution is 2.05. The van der Waals surface area contributed by atoms with Crippen LogP contribution in [-0.2, 0) is 32.3 Å². The second kappa shape index (κ2) is 19.3. The van der Waals surface area contributed by atoms with E-state index in [4.69, 9.17) is 0 Å². The van der Waals surface area contributed by atoms with Crippen LogP contribution in [0.1, 0.15) is 11.1 Å². The monoisotopic (exact) mass is 580 g/mol. The molecule has 0 bridgehead atoms. The van der Waals surface area contributed by atoms with E-state index in [2.05, 4.69) is 31.9 Å². The van der Waals surface area contributed by atoms with Crippen molar-refractivity contribution in [1.29, 1.82) is 0 Å². The molecule has 0 saturated carbocycles. The summed E-state index contributed by atoms with van der Waals surface area (Å²) in [4.78, 5) is 54.1. The van der Waals surface area contributed by atoms with Crippen LogP contribution >= 0.6 is 0 Å². The molecule has 228 valence electrons. The van der Waals surface area contributed by atoms with Gasteiger partial charge < -0.3 is 31.9 Å². The van der Waals surface area contributed by atoms with Gasteiger partial charge in [0.2, 0.25) is 23.6 Å². The van der Waals surface area contributed by atoms with Gasteiger partial charge in [0.25, 0.3) is 0 Å². The molecule has 6 N–H and O–H groups in total. The standard InChI is InChI=1S/C30H44N8O4/c39-27-21-37(19-25-7-3-1-4-8-25)22-28(40)34-16-12-32-14-18-36-30(42)24-38(20-26-9-5-2-6-10-26)23-29(41)35-17-13-31-11-15-33-27/h1-10,31-32H,11-24H2,(H,33,39)(H,34,40)(H,35,41)(H,36,42). The van der Waals surface area contributed by atoms with Gasteiger partial charge in [-0.3, -0.25) is 29.0 Å². The Balaban J connectivity index is 1.53. The lowest BCUT2D eigenvalue weighted by Gasteiger charge is -2.22. The minimum Gasteiger partial charge on any atom is -0.354 e. The normalized spacial score (nSPS) is 19.0. The number of rotatable bonds is 4. The van der Waals surface area contributed by atoms with E-state index < -0.39 is 0 Å². The maximum Gasteiger partial charge on any atom is 0.234 e. The second-order valence-corrected chi connectivity index (χ2v) is 10.2. The van der Waals surface area contributed by atoms with Crippen molar-refractivity contribution in [1.82, 2.24) is 41.7 Å². The summed E-state index contributed by atoms with van der Waals surface area (Å²) in [6, 6.07) is 19.4. The van der Waals surface area contributed by atoms with Gasteiger partial charge in [-0.05, 0) is 11.1 Å². The third kappa shape index (κ3) is 14.2. The molecule has 2 aromatic carbocycles. The maximum absolute atomic E-state index is 12.6. The van der Waals surface area contributed by atoms with E-state index in [0.29, 0.717) is 65.4 Å². The summed E-state index contributed by atoms with van der Waals surface area (Å²) in [6.07, 6.45) is 0. The summed E-state index contributed by atoms with van der Waals surface area (Å²) >= 11 is 0. The van der Waals surface area contributed by atoms with E-state index in [0.717, 1.165) is 11.1 Å². The first-order valence-electron chi connectivity index (χ1n) is 14.5. The predicted molar refractivity (Wildman–Crippen MR) is 161 cm³/mol. The Kier molecular flexibility index (Phi) is 15.0. The molecule has 1 heterocycles. The van der Waals surface area contributed by atoms with Crippen LogP contribution in [-0.4, -0.2) is 112 Å². The van der Waals surface area contributed by atoms with Crippen molar-refractivity contribution < 1.29 is 19.2 Å². The third-order valence-electron chi connectivity index (χ3n) is 6.46. The molecule has 0 atom stereocenters. The number of nitrogens with one attached hydrogen (secondary N) is 6. The third-order valence-corrected chi connectivity index (χ3v) is 6.46. The fourth-order valence-electron chi connectivity index (χ4n) is 4.47. The molecule has 12 heteroatoms. The Hall–Kier alpha value is -3.84. The van der Waals surface area contributed by atoms with Crippen LogP contribution in [0.15, 0.2) is 60.7 Å². The first-order chi connectivity index (χ1) is 20.5. The van der Waals surface area contributed by atoms with E-state index in [9.17, 15) is 19.2 Å². The van der Waals surface area contributed by atoms with E-state index in [1.165, 1.54) is 0 Å². The zero-order chi connectivity index (χ0) is 29.8. The molecule has 0 spiro atoms. The molecule has 3 rings (SSSR count). The number of amides is 4. The lowest BCUT2D eigenvalue weighted by Crippen LogP contribution is -2.46. The minimum atomic E-state index is -0.162. The quantitative estimate of drug-likeness (QED) is 0.260. The van der Waals surface area contributed by atoms with Gasteiger partial charge in [0, 0.05) is 65.4 Å². The number of nitrogens with zero attached hydrogens (tertiary/aromatic N) is 2. The molecule has 1 saturated heterocycles. The topological polar surface area (TPSA) is 147 Å². The van der Waals surface area contributed by atoms with Crippen molar-refractivity contribution >= 4 is 23.6 Å². The van der Waals surface area contributed by atoms with Gasteiger partial charge in [-0.1, -0.05) is 60.7 Å². The van der Waals surface area contributed by atoms with Crippen LogP contribution in [0.25, 0.3) is 0 Å². The Bertz CT molecular complexity index is 972. The number of hydrogen-bond donors (Lipinski definition) is 6. The van der Waals surface area contributed by atoms with Crippen LogP contribution < -0.4 is 31.9 Å². The first-order valence-corrected chi connectivity index (χ1v) is 14.5. The van der Waals surface area contributed by atoms with Crippen LogP contribution in [0.4, 0.5) is 0 Å². The molecule has 0 unspecified atom stereocenters. The second-order valence-electron chi connectivity index (χ2n) is 10.2. The van der Waals surface area contributed by atoms with Crippen molar-refractivity contribution in [2.45, 2.75) is 13.1 Å². The van der Waals surface area contributed by atoms with Crippen molar-refractivity contribution in [3.63, 3.8) is 0 Å².